The average molecular weight is 300 g/mol. The molecule has 0 aliphatic rings. The first kappa shape index (κ1) is 14.1. The van der Waals surface area contributed by atoms with Gasteiger partial charge >= 0.3 is 0 Å². The summed E-state index contributed by atoms with van der Waals surface area (Å²) < 4.78 is 1.78. The first-order valence-corrected chi connectivity index (χ1v) is 6.56. The monoisotopic (exact) mass is 299 g/mol. The Morgan fingerprint density at radius 2 is 2.16 bits per heavy atom. The first-order chi connectivity index (χ1) is 9.08. The topological polar surface area (TPSA) is 81.9 Å². The van der Waals surface area contributed by atoms with Gasteiger partial charge in [0.05, 0.1) is 23.0 Å². The van der Waals surface area contributed by atoms with Gasteiger partial charge < -0.3 is 5.73 Å². The number of hydrogen-bond acceptors (Lipinski definition) is 4. The maximum absolute atomic E-state index is 6.18. The lowest BCUT2D eigenvalue weighted by Gasteiger charge is -2.20. The second-order valence-corrected chi connectivity index (χ2v) is 4.91. The van der Waals surface area contributed by atoms with E-state index in [0.29, 0.717) is 22.3 Å². The lowest BCUT2D eigenvalue weighted by Crippen LogP contribution is -2.31. The molecule has 0 aliphatic heterocycles. The maximum atomic E-state index is 6.18. The van der Waals surface area contributed by atoms with Gasteiger partial charge in [-0.2, -0.15) is 5.10 Å². The SMILES string of the molecule is CCn1ncc(Cl)c1C(NN)c1ccc(Cl)cc1N. The number of nitrogen functional groups attached to an aromatic ring is 1. The zero-order chi connectivity index (χ0) is 14.0. The van der Waals surface area contributed by atoms with Crippen LogP contribution in [0.1, 0.15) is 24.2 Å². The molecule has 0 saturated carbocycles. The van der Waals surface area contributed by atoms with Crippen molar-refractivity contribution in [3.05, 3.63) is 45.7 Å². The average Bonchev–Trinajstić information content (AvgIpc) is 2.74. The van der Waals surface area contributed by atoms with Crippen molar-refractivity contribution < 1.29 is 0 Å². The molecule has 1 aromatic heterocycles. The van der Waals surface area contributed by atoms with Gasteiger partial charge in [-0.05, 0) is 24.6 Å². The van der Waals surface area contributed by atoms with E-state index in [4.69, 9.17) is 34.8 Å². The van der Waals surface area contributed by atoms with Crippen molar-refractivity contribution in [2.75, 3.05) is 5.73 Å². The number of hydrazine groups is 1. The Hall–Kier alpha value is -1.27. The van der Waals surface area contributed by atoms with Gasteiger partial charge in [-0.15, -0.1) is 0 Å². The van der Waals surface area contributed by atoms with E-state index in [9.17, 15) is 0 Å². The fourth-order valence-electron chi connectivity index (χ4n) is 2.04. The summed E-state index contributed by atoms with van der Waals surface area (Å²) in [7, 11) is 0. The second-order valence-electron chi connectivity index (χ2n) is 4.07. The molecule has 1 heterocycles. The summed E-state index contributed by atoms with van der Waals surface area (Å²) >= 11 is 12.1. The second kappa shape index (κ2) is 5.79. The number of halogens is 2. The lowest BCUT2D eigenvalue weighted by atomic mass is 10.0. The van der Waals surface area contributed by atoms with Crippen molar-refractivity contribution in [3.8, 4) is 0 Å². The number of nitrogens with two attached hydrogens (primary N) is 2. The Morgan fingerprint density at radius 1 is 1.42 bits per heavy atom. The molecular formula is C12H15Cl2N5. The number of aryl methyl sites for hydroxylation is 1. The number of aromatic nitrogens is 2. The van der Waals surface area contributed by atoms with Crippen molar-refractivity contribution in [2.45, 2.75) is 19.5 Å². The van der Waals surface area contributed by atoms with Crippen LogP contribution in [0.2, 0.25) is 10.0 Å². The Kier molecular flexibility index (Phi) is 4.31. The van der Waals surface area contributed by atoms with Crippen LogP contribution in [0, 0.1) is 0 Å². The smallest absolute Gasteiger partial charge is 0.0913 e. The number of hydrogen-bond donors (Lipinski definition) is 3. The molecule has 0 bridgehead atoms. The molecule has 7 heteroatoms. The molecule has 1 atom stereocenters. The summed E-state index contributed by atoms with van der Waals surface area (Å²) in [6.45, 7) is 2.67. The normalized spacial score (nSPS) is 12.6. The van der Waals surface area contributed by atoms with Gasteiger partial charge in [-0.3, -0.25) is 10.5 Å². The Labute approximate surface area is 121 Å². The third-order valence-corrected chi connectivity index (χ3v) is 3.46. The zero-order valence-electron chi connectivity index (χ0n) is 10.4. The number of nitrogens with zero attached hydrogens (tertiary/aromatic N) is 2. The molecule has 0 spiro atoms. The van der Waals surface area contributed by atoms with E-state index < -0.39 is 0 Å². The third-order valence-electron chi connectivity index (χ3n) is 2.93. The van der Waals surface area contributed by atoms with Crippen LogP contribution in [0.15, 0.2) is 24.4 Å². The molecule has 0 radical (unpaired) electrons. The van der Waals surface area contributed by atoms with Gasteiger partial charge in [0.25, 0.3) is 0 Å². The molecule has 0 amide bonds. The molecule has 5 N–H and O–H groups in total. The Morgan fingerprint density at radius 3 is 2.74 bits per heavy atom. The summed E-state index contributed by atoms with van der Waals surface area (Å²) in [4.78, 5) is 0. The van der Waals surface area contributed by atoms with Gasteiger partial charge in [0.1, 0.15) is 0 Å². The van der Waals surface area contributed by atoms with Gasteiger partial charge in [0.2, 0.25) is 0 Å². The van der Waals surface area contributed by atoms with E-state index in [-0.39, 0.29) is 6.04 Å². The van der Waals surface area contributed by atoms with Crippen molar-refractivity contribution in [1.82, 2.24) is 15.2 Å². The molecular weight excluding hydrogens is 285 g/mol. The van der Waals surface area contributed by atoms with Gasteiger partial charge in [0, 0.05) is 17.3 Å². The molecule has 2 aromatic rings. The predicted octanol–water partition coefficient (Wildman–Crippen LogP) is 2.34. The first-order valence-electron chi connectivity index (χ1n) is 5.80. The molecule has 2 rings (SSSR count). The van der Waals surface area contributed by atoms with Gasteiger partial charge in [-0.1, -0.05) is 29.3 Å². The number of anilines is 1. The van der Waals surface area contributed by atoms with Crippen LogP contribution >= 0.6 is 23.2 Å². The van der Waals surface area contributed by atoms with E-state index >= 15 is 0 Å². The third kappa shape index (κ3) is 2.69. The van der Waals surface area contributed by atoms with Crippen LogP contribution in [-0.2, 0) is 6.54 Å². The van der Waals surface area contributed by atoms with Crippen molar-refractivity contribution in [1.29, 1.82) is 0 Å². The van der Waals surface area contributed by atoms with E-state index in [0.717, 1.165) is 11.3 Å². The van der Waals surface area contributed by atoms with Crippen molar-refractivity contribution in [2.24, 2.45) is 5.84 Å². The van der Waals surface area contributed by atoms with E-state index in [1.807, 2.05) is 13.0 Å². The largest absolute Gasteiger partial charge is 0.398 e. The highest BCUT2D eigenvalue weighted by molar-refractivity contribution is 6.31. The number of nitrogens with one attached hydrogen (secondary N) is 1. The highest BCUT2D eigenvalue weighted by Crippen LogP contribution is 2.32. The molecule has 5 nitrogen and oxygen atoms in total. The number of rotatable bonds is 4. The molecule has 1 unspecified atom stereocenters. The van der Waals surface area contributed by atoms with Crippen molar-refractivity contribution in [3.63, 3.8) is 0 Å². The molecule has 102 valence electrons. The predicted molar refractivity (Wildman–Crippen MR) is 77.9 cm³/mol. The zero-order valence-corrected chi connectivity index (χ0v) is 11.9. The standard InChI is InChI=1S/C12H15Cl2N5/c1-2-19-12(9(14)6-17-19)11(18-16)8-4-3-7(13)5-10(8)15/h3-6,11,18H,2,15-16H2,1H3. The number of benzene rings is 1. The van der Waals surface area contributed by atoms with Crippen molar-refractivity contribution >= 4 is 28.9 Å². The molecule has 0 saturated heterocycles. The van der Waals surface area contributed by atoms with Crippen LogP contribution in [0.4, 0.5) is 5.69 Å². The summed E-state index contributed by atoms with van der Waals surface area (Å²) in [6, 6.07) is 4.93. The summed E-state index contributed by atoms with van der Waals surface area (Å²) in [5, 5.41) is 5.31. The van der Waals surface area contributed by atoms with Gasteiger partial charge in [0.15, 0.2) is 0 Å². The fourth-order valence-corrected chi connectivity index (χ4v) is 2.47. The van der Waals surface area contributed by atoms with E-state index in [1.54, 1.807) is 23.0 Å². The summed E-state index contributed by atoms with van der Waals surface area (Å²) in [5.74, 6) is 5.66. The quantitative estimate of drug-likeness (QED) is 0.460. The highest BCUT2D eigenvalue weighted by atomic mass is 35.5. The molecule has 0 fully saturated rings. The summed E-state index contributed by atoms with van der Waals surface area (Å²) in [6.07, 6.45) is 1.59. The Bertz CT molecular complexity index is 581. The van der Waals surface area contributed by atoms with E-state index in [1.165, 1.54) is 0 Å². The van der Waals surface area contributed by atoms with Crippen LogP contribution in [-0.4, -0.2) is 9.78 Å². The minimum absolute atomic E-state index is 0.341. The fraction of sp³-hybridized carbons (Fsp3) is 0.250. The Balaban J connectivity index is 2.52. The molecule has 0 aliphatic carbocycles. The van der Waals surface area contributed by atoms with Crippen LogP contribution in [0.25, 0.3) is 0 Å². The van der Waals surface area contributed by atoms with Crippen LogP contribution < -0.4 is 17.0 Å². The highest BCUT2D eigenvalue weighted by Gasteiger charge is 2.22. The van der Waals surface area contributed by atoms with Crippen LogP contribution in [0.3, 0.4) is 0 Å². The van der Waals surface area contributed by atoms with Gasteiger partial charge in [-0.25, -0.2) is 5.43 Å². The molecule has 19 heavy (non-hydrogen) atoms. The van der Waals surface area contributed by atoms with E-state index in [2.05, 4.69) is 10.5 Å². The minimum Gasteiger partial charge on any atom is -0.398 e. The van der Waals surface area contributed by atoms with Crippen LogP contribution in [0.5, 0.6) is 0 Å². The maximum Gasteiger partial charge on any atom is 0.0913 e. The lowest BCUT2D eigenvalue weighted by molar-refractivity contribution is 0.544. The molecule has 1 aromatic carbocycles. The minimum atomic E-state index is -0.341. The summed E-state index contributed by atoms with van der Waals surface area (Å²) in [5.41, 5.74) is 10.9.